The smallest absolute Gasteiger partial charge is 0.254 e. The van der Waals surface area contributed by atoms with Crippen LogP contribution in [0.2, 0.25) is 0 Å². The number of hydrogen-bond donors (Lipinski definition) is 0. The van der Waals surface area contributed by atoms with Gasteiger partial charge in [-0.2, -0.15) is 5.26 Å². The number of amides is 1. The Labute approximate surface area is 118 Å². The number of rotatable bonds is 4. The van der Waals surface area contributed by atoms with E-state index in [1.54, 1.807) is 43.4 Å². The van der Waals surface area contributed by atoms with E-state index in [1.807, 2.05) is 6.07 Å². The van der Waals surface area contributed by atoms with Crippen molar-refractivity contribution in [2.75, 3.05) is 27.4 Å². The van der Waals surface area contributed by atoms with Crippen molar-refractivity contribution in [1.29, 1.82) is 5.26 Å². The molecule has 0 aliphatic carbocycles. The monoisotopic (exact) mass is 274 g/mol. The van der Waals surface area contributed by atoms with E-state index in [0.717, 1.165) is 6.42 Å². The van der Waals surface area contributed by atoms with Crippen molar-refractivity contribution < 1.29 is 14.3 Å². The Morgan fingerprint density at radius 1 is 1.50 bits per heavy atom. The molecule has 20 heavy (non-hydrogen) atoms. The molecule has 1 aromatic rings. The lowest BCUT2D eigenvalue weighted by atomic mass is 10.1. The summed E-state index contributed by atoms with van der Waals surface area (Å²) >= 11 is 0. The molecule has 2 rings (SSSR count). The maximum Gasteiger partial charge on any atom is 0.254 e. The standard InChI is InChI=1S/C15H18N2O3/c1-19-10-13-7-14(20-2)9-17(13)15(18)12-5-3-4-11(6-12)8-16/h3-6,13-14H,7,9-10H2,1-2H3/t13-,14+/m0/s1. The zero-order valence-corrected chi connectivity index (χ0v) is 11.7. The molecule has 1 fully saturated rings. The largest absolute Gasteiger partial charge is 0.383 e. The molecule has 1 amide bonds. The number of nitrogens with zero attached hydrogens (tertiary/aromatic N) is 2. The first-order valence-corrected chi connectivity index (χ1v) is 6.52. The summed E-state index contributed by atoms with van der Waals surface area (Å²) in [5.74, 6) is -0.0799. The van der Waals surface area contributed by atoms with Crippen LogP contribution in [0.3, 0.4) is 0 Å². The van der Waals surface area contributed by atoms with Crippen molar-refractivity contribution in [3.63, 3.8) is 0 Å². The van der Waals surface area contributed by atoms with Crippen LogP contribution < -0.4 is 0 Å². The summed E-state index contributed by atoms with van der Waals surface area (Å²) in [6.07, 6.45) is 0.812. The number of hydrogen-bond acceptors (Lipinski definition) is 4. The van der Waals surface area contributed by atoms with Gasteiger partial charge in [-0.25, -0.2) is 0 Å². The van der Waals surface area contributed by atoms with Crippen LogP contribution in [0.15, 0.2) is 24.3 Å². The topological polar surface area (TPSA) is 62.6 Å². The molecule has 1 aromatic carbocycles. The molecule has 1 heterocycles. The van der Waals surface area contributed by atoms with E-state index in [0.29, 0.717) is 24.3 Å². The summed E-state index contributed by atoms with van der Waals surface area (Å²) in [4.78, 5) is 14.3. The van der Waals surface area contributed by atoms with E-state index in [1.165, 1.54) is 0 Å². The van der Waals surface area contributed by atoms with Crippen LogP contribution in [0.5, 0.6) is 0 Å². The van der Waals surface area contributed by atoms with Gasteiger partial charge in [-0.15, -0.1) is 0 Å². The summed E-state index contributed by atoms with van der Waals surface area (Å²) in [7, 11) is 3.28. The third-order valence-electron chi connectivity index (χ3n) is 3.57. The highest BCUT2D eigenvalue weighted by Crippen LogP contribution is 2.23. The lowest BCUT2D eigenvalue weighted by Crippen LogP contribution is -2.38. The van der Waals surface area contributed by atoms with E-state index in [-0.39, 0.29) is 18.1 Å². The first-order chi connectivity index (χ1) is 9.69. The normalized spacial score (nSPS) is 21.8. The summed E-state index contributed by atoms with van der Waals surface area (Å²) in [6.45, 7) is 1.05. The lowest BCUT2D eigenvalue weighted by Gasteiger charge is -2.23. The zero-order valence-electron chi connectivity index (χ0n) is 11.7. The van der Waals surface area contributed by atoms with Crippen LogP contribution in [0.25, 0.3) is 0 Å². The van der Waals surface area contributed by atoms with Gasteiger partial charge in [-0.1, -0.05) is 6.07 Å². The molecule has 2 atom stereocenters. The number of methoxy groups -OCH3 is 2. The van der Waals surface area contributed by atoms with Gasteiger partial charge in [0.25, 0.3) is 5.91 Å². The molecule has 0 aromatic heterocycles. The second-order valence-electron chi connectivity index (χ2n) is 4.85. The Morgan fingerprint density at radius 3 is 2.95 bits per heavy atom. The van der Waals surface area contributed by atoms with Crippen molar-refractivity contribution in [3.8, 4) is 6.07 Å². The number of benzene rings is 1. The zero-order chi connectivity index (χ0) is 14.5. The van der Waals surface area contributed by atoms with E-state index >= 15 is 0 Å². The van der Waals surface area contributed by atoms with Crippen molar-refractivity contribution in [2.24, 2.45) is 0 Å². The first-order valence-electron chi connectivity index (χ1n) is 6.52. The molecular formula is C15H18N2O3. The Balaban J connectivity index is 2.19. The Kier molecular flexibility index (Phi) is 4.72. The molecule has 106 valence electrons. The van der Waals surface area contributed by atoms with Crippen molar-refractivity contribution in [2.45, 2.75) is 18.6 Å². The van der Waals surface area contributed by atoms with E-state index < -0.39 is 0 Å². The number of carbonyl (C=O) groups is 1. The van der Waals surface area contributed by atoms with Crippen LogP contribution >= 0.6 is 0 Å². The Hall–Kier alpha value is -1.90. The van der Waals surface area contributed by atoms with Gasteiger partial charge < -0.3 is 14.4 Å². The Bertz CT molecular complexity index is 524. The van der Waals surface area contributed by atoms with Gasteiger partial charge in [0.05, 0.1) is 30.4 Å². The first kappa shape index (κ1) is 14.5. The summed E-state index contributed by atoms with van der Waals surface area (Å²) in [5.41, 5.74) is 1.02. The third kappa shape index (κ3) is 2.98. The predicted octanol–water partition coefficient (Wildman–Crippen LogP) is 1.43. The predicted molar refractivity (Wildman–Crippen MR) is 73.3 cm³/mol. The highest BCUT2D eigenvalue weighted by atomic mass is 16.5. The van der Waals surface area contributed by atoms with Crippen LogP contribution in [0, 0.1) is 11.3 Å². The highest BCUT2D eigenvalue weighted by Gasteiger charge is 2.35. The molecule has 5 nitrogen and oxygen atoms in total. The number of ether oxygens (including phenoxy) is 2. The average Bonchev–Trinajstić information content (AvgIpc) is 2.90. The number of carbonyl (C=O) groups excluding carboxylic acids is 1. The minimum Gasteiger partial charge on any atom is -0.383 e. The molecule has 0 saturated carbocycles. The SMILES string of the molecule is COC[C@@H]1C[C@@H](OC)CN1C(=O)c1cccc(C#N)c1. The van der Waals surface area contributed by atoms with Crippen LogP contribution in [-0.4, -0.2) is 50.3 Å². The van der Waals surface area contributed by atoms with Gasteiger partial charge in [0.1, 0.15) is 0 Å². The maximum atomic E-state index is 12.6. The van der Waals surface area contributed by atoms with Gasteiger partial charge in [-0.3, -0.25) is 4.79 Å². The minimum atomic E-state index is -0.0799. The average molecular weight is 274 g/mol. The third-order valence-corrected chi connectivity index (χ3v) is 3.57. The van der Waals surface area contributed by atoms with Crippen LogP contribution in [0.1, 0.15) is 22.3 Å². The van der Waals surface area contributed by atoms with E-state index in [4.69, 9.17) is 14.7 Å². The second-order valence-corrected chi connectivity index (χ2v) is 4.85. The summed E-state index contributed by atoms with van der Waals surface area (Å²) in [5, 5.41) is 8.91. The van der Waals surface area contributed by atoms with Gasteiger partial charge in [0.2, 0.25) is 0 Å². The number of likely N-dealkylation sites (tertiary alicyclic amines) is 1. The molecule has 0 N–H and O–H groups in total. The van der Waals surface area contributed by atoms with Gasteiger partial charge in [0, 0.05) is 26.3 Å². The maximum absolute atomic E-state index is 12.6. The highest BCUT2D eigenvalue weighted by molar-refractivity contribution is 5.95. The molecule has 0 bridgehead atoms. The quantitative estimate of drug-likeness (QED) is 0.833. The van der Waals surface area contributed by atoms with E-state index in [2.05, 4.69) is 0 Å². The fourth-order valence-electron chi connectivity index (χ4n) is 2.53. The minimum absolute atomic E-state index is 0.0168. The molecule has 0 unspecified atom stereocenters. The molecule has 1 aliphatic rings. The van der Waals surface area contributed by atoms with Gasteiger partial charge in [0.15, 0.2) is 0 Å². The lowest BCUT2D eigenvalue weighted by molar-refractivity contribution is 0.0612. The fourth-order valence-corrected chi connectivity index (χ4v) is 2.53. The van der Waals surface area contributed by atoms with Crippen molar-refractivity contribution in [1.82, 2.24) is 4.90 Å². The fraction of sp³-hybridized carbons (Fsp3) is 0.467. The molecule has 0 radical (unpaired) electrons. The van der Waals surface area contributed by atoms with Gasteiger partial charge >= 0.3 is 0 Å². The van der Waals surface area contributed by atoms with E-state index in [9.17, 15) is 4.79 Å². The van der Waals surface area contributed by atoms with Crippen LogP contribution in [-0.2, 0) is 9.47 Å². The molecule has 0 spiro atoms. The molecule has 5 heteroatoms. The van der Waals surface area contributed by atoms with Crippen molar-refractivity contribution in [3.05, 3.63) is 35.4 Å². The Morgan fingerprint density at radius 2 is 2.30 bits per heavy atom. The molecule has 1 saturated heterocycles. The van der Waals surface area contributed by atoms with Crippen molar-refractivity contribution >= 4 is 5.91 Å². The molecule has 1 aliphatic heterocycles. The number of nitriles is 1. The van der Waals surface area contributed by atoms with Crippen LogP contribution in [0.4, 0.5) is 0 Å². The molecular weight excluding hydrogens is 256 g/mol. The van der Waals surface area contributed by atoms with Gasteiger partial charge in [-0.05, 0) is 24.6 Å². The second kappa shape index (κ2) is 6.51. The summed E-state index contributed by atoms with van der Waals surface area (Å²) < 4.78 is 10.5. The summed E-state index contributed by atoms with van der Waals surface area (Å²) in [6, 6.07) is 8.82.